The number of amides is 1. The Bertz CT molecular complexity index is 902. The van der Waals surface area contributed by atoms with Crippen molar-refractivity contribution in [2.75, 3.05) is 31.1 Å². The van der Waals surface area contributed by atoms with Gasteiger partial charge >= 0.3 is 0 Å². The molecule has 1 saturated heterocycles. The lowest BCUT2D eigenvalue weighted by Gasteiger charge is -2.36. The summed E-state index contributed by atoms with van der Waals surface area (Å²) in [5.74, 6) is 0.00116. The number of hydrogen-bond acceptors (Lipinski definition) is 5. The summed E-state index contributed by atoms with van der Waals surface area (Å²) in [6.45, 7) is 3.36. The standard InChI is InChI=1S/C20H18ClN3O2S/c21-15-3-5-16(6-4-15)23-9-11-24(12-10-23)20-22-19(26)18(27-20)13-14-1-7-17(25)8-2-14/h1-8,13,25H,9-12H2/b18-13-. The maximum atomic E-state index is 12.2. The average Bonchev–Trinajstić information content (AvgIpc) is 3.05. The number of carbonyl (C=O) groups is 1. The Labute approximate surface area is 167 Å². The molecule has 0 aliphatic carbocycles. The van der Waals surface area contributed by atoms with Crippen LogP contribution in [0.1, 0.15) is 5.56 Å². The van der Waals surface area contributed by atoms with E-state index in [1.54, 1.807) is 24.3 Å². The van der Waals surface area contributed by atoms with Gasteiger partial charge in [0.05, 0.1) is 4.91 Å². The van der Waals surface area contributed by atoms with Crippen LogP contribution >= 0.6 is 23.4 Å². The van der Waals surface area contributed by atoms with E-state index in [0.717, 1.165) is 47.6 Å². The summed E-state index contributed by atoms with van der Waals surface area (Å²) in [6.07, 6.45) is 1.81. The largest absolute Gasteiger partial charge is 0.508 e. The predicted octanol–water partition coefficient (Wildman–Crippen LogP) is 3.84. The second-order valence-corrected chi connectivity index (χ2v) is 7.80. The lowest BCUT2D eigenvalue weighted by atomic mass is 10.2. The summed E-state index contributed by atoms with van der Waals surface area (Å²) in [5.41, 5.74) is 2.02. The van der Waals surface area contributed by atoms with Gasteiger partial charge in [-0.05, 0) is 59.8 Å². The molecule has 1 amide bonds. The monoisotopic (exact) mass is 399 g/mol. The lowest BCUT2D eigenvalue weighted by Crippen LogP contribution is -2.47. The molecule has 0 spiro atoms. The first-order valence-corrected chi connectivity index (χ1v) is 9.85. The van der Waals surface area contributed by atoms with Crippen LogP contribution in [0.2, 0.25) is 5.02 Å². The van der Waals surface area contributed by atoms with Gasteiger partial charge in [0.1, 0.15) is 5.75 Å². The highest BCUT2D eigenvalue weighted by Gasteiger charge is 2.28. The average molecular weight is 400 g/mol. The highest BCUT2D eigenvalue weighted by molar-refractivity contribution is 8.18. The Morgan fingerprint density at radius 1 is 0.963 bits per heavy atom. The number of phenolic OH excluding ortho intramolecular Hbond substituents is 1. The smallest absolute Gasteiger partial charge is 0.286 e. The topological polar surface area (TPSA) is 56.1 Å². The highest BCUT2D eigenvalue weighted by atomic mass is 35.5. The molecule has 5 nitrogen and oxygen atoms in total. The van der Waals surface area contributed by atoms with Crippen LogP contribution in [0.25, 0.3) is 6.08 Å². The van der Waals surface area contributed by atoms with Crippen LogP contribution in [-0.4, -0.2) is 47.3 Å². The van der Waals surface area contributed by atoms with Gasteiger partial charge in [-0.1, -0.05) is 23.7 Å². The van der Waals surface area contributed by atoms with Crippen LogP contribution in [0.5, 0.6) is 5.75 Å². The molecular formula is C20H18ClN3O2S. The Balaban J connectivity index is 1.39. The summed E-state index contributed by atoms with van der Waals surface area (Å²) in [7, 11) is 0. The molecule has 4 rings (SSSR count). The first-order chi connectivity index (χ1) is 13.1. The van der Waals surface area contributed by atoms with Crippen molar-refractivity contribution < 1.29 is 9.90 Å². The van der Waals surface area contributed by atoms with Gasteiger partial charge in [0.2, 0.25) is 0 Å². The van der Waals surface area contributed by atoms with Crippen LogP contribution in [0.15, 0.2) is 58.4 Å². The molecule has 7 heteroatoms. The molecule has 0 atom stereocenters. The summed E-state index contributed by atoms with van der Waals surface area (Å²) in [6, 6.07) is 14.6. The minimum absolute atomic E-state index is 0.205. The van der Waals surface area contributed by atoms with Crippen molar-refractivity contribution in [1.82, 2.24) is 4.90 Å². The van der Waals surface area contributed by atoms with Gasteiger partial charge < -0.3 is 14.9 Å². The zero-order valence-corrected chi connectivity index (χ0v) is 16.1. The second kappa shape index (κ2) is 7.66. The van der Waals surface area contributed by atoms with Crippen molar-refractivity contribution >= 4 is 46.2 Å². The van der Waals surface area contributed by atoms with E-state index in [1.807, 2.05) is 30.3 Å². The van der Waals surface area contributed by atoms with Gasteiger partial charge in [-0.2, -0.15) is 4.99 Å². The molecule has 27 heavy (non-hydrogen) atoms. The van der Waals surface area contributed by atoms with Crippen molar-refractivity contribution in [2.24, 2.45) is 4.99 Å². The molecule has 1 N–H and O–H groups in total. The summed E-state index contributed by atoms with van der Waals surface area (Å²) < 4.78 is 0. The third-order valence-corrected chi connectivity index (χ3v) is 5.84. The molecule has 2 aliphatic rings. The molecule has 0 bridgehead atoms. The zero-order chi connectivity index (χ0) is 18.8. The van der Waals surface area contributed by atoms with E-state index in [0.29, 0.717) is 4.91 Å². The van der Waals surface area contributed by atoms with Gasteiger partial charge in [-0.3, -0.25) is 4.79 Å². The first-order valence-electron chi connectivity index (χ1n) is 8.65. The fourth-order valence-electron chi connectivity index (χ4n) is 3.06. The number of halogens is 1. The Kier molecular flexibility index (Phi) is 5.09. The van der Waals surface area contributed by atoms with E-state index in [9.17, 15) is 9.90 Å². The SMILES string of the molecule is O=C1N=C(N2CCN(c3ccc(Cl)cc3)CC2)S/C1=C\c1ccc(O)cc1. The fraction of sp³-hybridized carbons (Fsp3) is 0.200. The van der Waals surface area contributed by atoms with E-state index in [4.69, 9.17) is 11.6 Å². The molecule has 2 aromatic carbocycles. The number of phenols is 1. The lowest BCUT2D eigenvalue weighted by molar-refractivity contribution is -0.113. The molecule has 138 valence electrons. The van der Waals surface area contributed by atoms with Crippen molar-refractivity contribution in [3.63, 3.8) is 0 Å². The van der Waals surface area contributed by atoms with E-state index >= 15 is 0 Å². The number of aromatic hydroxyl groups is 1. The number of nitrogens with zero attached hydrogens (tertiary/aromatic N) is 3. The van der Waals surface area contributed by atoms with Crippen LogP contribution < -0.4 is 4.90 Å². The minimum atomic E-state index is -0.205. The molecule has 2 aromatic rings. The summed E-state index contributed by atoms with van der Waals surface area (Å²) in [4.78, 5) is 21.5. The fourth-order valence-corrected chi connectivity index (χ4v) is 4.15. The predicted molar refractivity (Wildman–Crippen MR) is 111 cm³/mol. The zero-order valence-electron chi connectivity index (χ0n) is 14.5. The van der Waals surface area contributed by atoms with E-state index in [1.165, 1.54) is 11.8 Å². The summed E-state index contributed by atoms with van der Waals surface area (Å²) >= 11 is 7.37. The summed E-state index contributed by atoms with van der Waals surface area (Å²) in [5, 5.41) is 10.9. The first kappa shape index (κ1) is 17.9. The molecular weight excluding hydrogens is 382 g/mol. The molecule has 2 aliphatic heterocycles. The number of amidine groups is 1. The van der Waals surface area contributed by atoms with Gasteiger partial charge in [0.25, 0.3) is 5.91 Å². The van der Waals surface area contributed by atoms with Crippen LogP contribution in [-0.2, 0) is 4.79 Å². The third-order valence-electron chi connectivity index (χ3n) is 4.54. The molecule has 1 fully saturated rings. The van der Waals surface area contributed by atoms with E-state index in [-0.39, 0.29) is 11.7 Å². The van der Waals surface area contributed by atoms with Crippen molar-refractivity contribution in [1.29, 1.82) is 0 Å². The van der Waals surface area contributed by atoms with Gasteiger partial charge in [-0.25, -0.2) is 0 Å². The number of carbonyl (C=O) groups excluding carboxylic acids is 1. The van der Waals surface area contributed by atoms with Crippen molar-refractivity contribution in [3.8, 4) is 5.75 Å². The molecule has 0 saturated carbocycles. The van der Waals surface area contributed by atoms with Gasteiger partial charge in [0.15, 0.2) is 5.17 Å². The molecule has 0 unspecified atom stereocenters. The molecule has 0 aromatic heterocycles. The third kappa shape index (κ3) is 4.12. The van der Waals surface area contributed by atoms with Crippen LogP contribution in [0.4, 0.5) is 5.69 Å². The van der Waals surface area contributed by atoms with Crippen molar-refractivity contribution in [2.45, 2.75) is 0 Å². The maximum Gasteiger partial charge on any atom is 0.286 e. The maximum absolute atomic E-state index is 12.2. The number of benzene rings is 2. The molecule has 2 heterocycles. The van der Waals surface area contributed by atoms with Gasteiger partial charge in [0, 0.05) is 36.9 Å². The quantitative estimate of drug-likeness (QED) is 0.777. The van der Waals surface area contributed by atoms with E-state index < -0.39 is 0 Å². The second-order valence-electron chi connectivity index (χ2n) is 6.35. The van der Waals surface area contributed by atoms with Crippen LogP contribution in [0, 0.1) is 0 Å². The van der Waals surface area contributed by atoms with Crippen molar-refractivity contribution in [3.05, 3.63) is 64.0 Å². The Morgan fingerprint density at radius 3 is 2.26 bits per heavy atom. The number of rotatable bonds is 2. The normalized spacial score (nSPS) is 18.9. The number of aliphatic imine (C=N–C) groups is 1. The Hall–Kier alpha value is -2.44. The van der Waals surface area contributed by atoms with Crippen LogP contribution in [0.3, 0.4) is 0 Å². The van der Waals surface area contributed by atoms with E-state index in [2.05, 4.69) is 14.8 Å². The van der Waals surface area contributed by atoms with Gasteiger partial charge in [-0.15, -0.1) is 0 Å². The Morgan fingerprint density at radius 2 is 1.59 bits per heavy atom. The molecule has 0 radical (unpaired) electrons. The number of anilines is 1. The highest BCUT2D eigenvalue weighted by Crippen LogP contribution is 2.31. The number of hydrogen-bond donors (Lipinski definition) is 1. The number of piperazine rings is 1. The number of thioether (sulfide) groups is 1. The minimum Gasteiger partial charge on any atom is -0.508 e.